The molecule has 2 N–H and O–H groups in total. The fraction of sp³-hybridized carbons (Fsp3) is 0.105. The minimum Gasteiger partial charge on any atom is -0.321 e. The predicted molar refractivity (Wildman–Crippen MR) is 104 cm³/mol. The number of nitrogens with one attached hydrogen (secondary N) is 2. The summed E-state index contributed by atoms with van der Waals surface area (Å²) in [6.45, 7) is 2.14. The fourth-order valence-corrected chi connectivity index (χ4v) is 2.95. The van der Waals surface area contributed by atoms with Gasteiger partial charge in [0, 0.05) is 24.5 Å². The van der Waals surface area contributed by atoms with Crippen LogP contribution in [0.1, 0.15) is 17.3 Å². The molecule has 1 amide bonds. The second-order valence-corrected chi connectivity index (χ2v) is 6.06. The lowest BCUT2D eigenvalue weighted by molar-refractivity contribution is 0.102. The number of pyridine rings is 1. The van der Waals surface area contributed by atoms with Gasteiger partial charge in [-0.05, 0) is 37.3 Å². The molecule has 0 atom stereocenters. The molecule has 28 heavy (non-hydrogen) atoms. The monoisotopic (exact) mass is 376 g/mol. The van der Waals surface area contributed by atoms with Crippen molar-refractivity contribution in [2.24, 2.45) is 0 Å². The molecule has 0 saturated heterocycles. The maximum Gasteiger partial charge on any atom is 0.316 e. The third-order valence-electron chi connectivity index (χ3n) is 4.33. The van der Waals surface area contributed by atoms with Gasteiger partial charge in [-0.3, -0.25) is 19.0 Å². The van der Waals surface area contributed by atoms with E-state index in [0.29, 0.717) is 34.6 Å². The predicted octanol–water partition coefficient (Wildman–Crippen LogP) is 1.54. The van der Waals surface area contributed by atoms with Gasteiger partial charge in [0.25, 0.3) is 5.91 Å². The number of amides is 1. The SMILES string of the molecule is CCn1c(=O)c(=O)[nH]c2cc(C(=O)Nc3ccc(-n4ccnc4)nc3)ccc21. The van der Waals surface area contributed by atoms with Crippen molar-refractivity contribution >= 4 is 22.6 Å². The molecule has 0 spiro atoms. The van der Waals surface area contributed by atoms with Crippen LogP contribution in [0.4, 0.5) is 5.69 Å². The van der Waals surface area contributed by atoms with E-state index in [2.05, 4.69) is 20.3 Å². The molecular formula is C19H16N6O3. The standard InChI is InChI=1S/C19H16N6O3/c1-2-25-15-5-3-12(9-14(15)23-18(27)19(25)28)17(26)22-13-4-6-16(21-10-13)24-8-7-20-11-24/h3-11H,2H2,1H3,(H,22,26)(H,23,27). The number of anilines is 1. The quantitative estimate of drug-likeness (QED) is 0.524. The number of aryl methyl sites for hydroxylation is 1. The molecule has 4 rings (SSSR count). The van der Waals surface area contributed by atoms with Gasteiger partial charge >= 0.3 is 11.1 Å². The lowest BCUT2D eigenvalue weighted by Gasteiger charge is -2.09. The van der Waals surface area contributed by atoms with Gasteiger partial charge in [0.1, 0.15) is 12.1 Å². The number of carbonyl (C=O) groups is 1. The summed E-state index contributed by atoms with van der Waals surface area (Å²) in [6.07, 6.45) is 6.60. The zero-order chi connectivity index (χ0) is 19.7. The molecule has 0 saturated carbocycles. The summed E-state index contributed by atoms with van der Waals surface area (Å²) < 4.78 is 3.12. The number of carbonyl (C=O) groups excluding carboxylic acids is 1. The van der Waals surface area contributed by atoms with Crippen molar-refractivity contribution in [3.05, 3.63) is 81.5 Å². The first-order valence-corrected chi connectivity index (χ1v) is 8.59. The Balaban J connectivity index is 1.61. The van der Waals surface area contributed by atoms with Crippen LogP contribution in [0.15, 0.2) is 64.8 Å². The molecule has 4 aromatic rings. The number of hydrogen-bond acceptors (Lipinski definition) is 5. The Hall–Kier alpha value is -4.01. The van der Waals surface area contributed by atoms with Gasteiger partial charge < -0.3 is 14.9 Å². The number of benzene rings is 1. The van der Waals surface area contributed by atoms with Crippen LogP contribution in [0, 0.1) is 0 Å². The van der Waals surface area contributed by atoms with Gasteiger partial charge in [-0.1, -0.05) is 0 Å². The first-order valence-electron chi connectivity index (χ1n) is 8.59. The third kappa shape index (κ3) is 3.09. The number of hydrogen-bond donors (Lipinski definition) is 2. The topological polar surface area (TPSA) is 115 Å². The lowest BCUT2D eigenvalue weighted by atomic mass is 10.1. The van der Waals surface area contributed by atoms with E-state index < -0.39 is 11.1 Å². The van der Waals surface area contributed by atoms with Crippen LogP contribution < -0.4 is 16.4 Å². The molecule has 9 nitrogen and oxygen atoms in total. The van der Waals surface area contributed by atoms with Gasteiger partial charge in [0.15, 0.2) is 0 Å². The number of rotatable bonds is 4. The van der Waals surface area contributed by atoms with Gasteiger partial charge in [-0.25, -0.2) is 9.97 Å². The van der Waals surface area contributed by atoms with Crippen molar-refractivity contribution in [1.29, 1.82) is 0 Å². The van der Waals surface area contributed by atoms with Crippen LogP contribution in [0.25, 0.3) is 16.9 Å². The van der Waals surface area contributed by atoms with Crippen molar-refractivity contribution in [3.63, 3.8) is 0 Å². The van der Waals surface area contributed by atoms with Crippen LogP contribution in [0.5, 0.6) is 0 Å². The fourth-order valence-electron chi connectivity index (χ4n) is 2.95. The van der Waals surface area contributed by atoms with Crippen LogP contribution in [0.3, 0.4) is 0 Å². The summed E-state index contributed by atoms with van der Waals surface area (Å²) in [6, 6.07) is 8.29. The number of imidazole rings is 1. The summed E-state index contributed by atoms with van der Waals surface area (Å²) in [5.74, 6) is 0.325. The number of nitrogens with zero attached hydrogens (tertiary/aromatic N) is 4. The molecule has 0 aliphatic carbocycles. The Morgan fingerprint density at radius 1 is 1.21 bits per heavy atom. The van der Waals surface area contributed by atoms with E-state index in [4.69, 9.17) is 0 Å². The largest absolute Gasteiger partial charge is 0.321 e. The Labute approximate surface area is 158 Å². The number of fused-ring (bicyclic) bond motifs is 1. The zero-order valence-corrected chi connectivity index (χ0v) is 14.9. The summed E-state index contributed by atoms with van der Waals surface area (Å²) in [5, 5.41) is 2.76. The van der Waals surface area contributed by atoms with E-state index in [1.54, 1.807) is 66.7 Å². The highest BCUT2D eigenvalue weighted by atomic mass is 16.2. The second kappa shape index (κ2) is 6.95. The Morgan fingerprint density at radius 3 is 2.75 bits per heavy atom. The maximum absolute atomic E-state index is 12.6. The summed E-state index contributed by atoms with van der Waals surface area (Å²) in [4.78, 5) is 47.1. The van der Waals surface area contributed by atoms with E-state index in [9.17, 15) is 14.4 Å². The van der Waals surface area contributed by atoms with E-state index in [1.807, 2.05) is 0 Å². The normalized spacial score (nSPS) is 10.9. The Bertz CT molecular complexity index is 1270. The average Bonchev–Trinajstić information content (AvgIpc) is 3.24. The first kappa shape index (κ1) is 17.4. The van der Waals surface area contributed by atoms with E-state index in [-0.39, 0.29) is 5.91 Å². The smallest absolute Gasteiger partial charge is 0.316 e. The summed E-state index contributed by atoms with van der Waals surface area (Å²) >= 11 is 0. The molecule has 3 aromatic heterocycles. The van der Waals surface area contributed by atoms with Crippen molar-refractivity contribution < 1.29 is 4.79 Å². The zero-order valence-electron chi connectivity index (χ0n) is 14.9. The van der Waals surface area contributed by atoms with Crippen molar-refractivity contribution in [2.45, 2.75) is 13.5 Å². The van der Waals surface area contributed by atoms with Crippen molar-refractivity contribution in [2.75, 3.05) is 5.32 Å². The Kier molecular flexibility index (Phi) is 4.32. The minimum absolute atomic E-state index is 0.350. The number of H-pyrrole nitrogens is 1. The minimum atomic E-state index is -0.716. The van der Waals surface area contributed by atoms with Crippen LogP contribution in [0.2, 0.25) is 0 Å². The average molecular weight is 376 g/mol. The van der Waals surface area contributed by atoms with E-state index in [1.165, 1.54) is 4.57 Å². The van der Waals surface area contributed by atoms with Crippen molar-refractivity contribution in [3.8, 4) is 5.82 Å². The molecule has 9 heteroatoms. The molecule has 0 aliphatic heterocycles. The van der Waals surface area contributed by atoms with E-state index >= 15 is 0 Å². The van der Waals surface area contributed by atoms with Crippen LogP contribution in [-0.2, 0) is 6.54 Å². The first-order chi connectivity index (χ1) is 13.6. The van der Waals surface area contributed by atoms with E-state index in [0.717, 1.165) is 0 Å². The third-order valence-corrected chi connectivity index (χ3v) is 4.33. The number of aromatic nitrogens is 5. The highest BCUT2D eigenvalue weighted by molar-refractivity contribution is 6.05. The molecule has 0 unspecified atom stereocenters. The molecule has 1 aromatic carbocycles. The lowest BCUT2D eigenvalue weighted by Crippen LogP contribution is -2.36. The molecule has 140 valence electrons. The summed E-state index contributed by atoms with van der Waals surface area (Å²) in [5.41, 5.74) is 0.536. The summed E-state index contributed by atoms with van der Waals surface area (Å²) in [7, 11) is 0. The molecule has 0 fully saturated rings. The second-order valence-electron chi connectivity index (χ2n) is 6.06. The molecule has 0 bridgehead atoms. The van der Waals surface area contributed by atoms with Crippen molar-refractivity contribution in [1.82, 2.24) is 24.1 Å². The highest BCUT2D eigenvalue weighted by Gasteiger charge is 2.11. The molecular weight excluding hydrogens is 360 g/mol. The molecule has 0 aliphatic rings. The van der Waals surface area contributed by atoms with Gasteiger partial charge in [0.2, 0.25) is 0 Å². The molecule has 0 radical (unpaired) electrons. The highest BCUT2D eigenvalue weighted by Crippen LogP contribution is 2.15. The van der Waals surface area contributed by atoms with Gasteiger partial charge in [0.05, 0.1) is 22.9 Å². The maximum atomic E-state index is 12.6. The number of aromatic amines is 1. The van der Waals surface area contributed by atoms with Gasteiger partial charge in [-0.2, -0.15) is 0 Å². The van der Waals surface area contributed by atoms with Crippen LogP contribution in [-0.4, -0.2) is 30.0 Å². The van der Waals surface area contributed by atoms with Crippen LogP contribution >= 0.6 is 0 Å². The van der Waals surface area contributed by atoms with Gasteiger partial charge in [-0.15, -0.1) is 0 Å². The molecule has 3 heterocycles. The Morgan fingerprint density at radius 2 is 2.07 bits per heavy atom.